The summed E-state index contributed by atoms with van der Waals surface area (Å²) in [4.78, 5) is 48.3. The van der Waals surface area contributed by atoms with Gasteiger partial charge in [-0.05, 0) is 19.1 Å². The molecule has 1 aromatic rings. The fourth-order valence-corrected chi connectivity index (χ4v) is 2.52. The van der Waals surface area contributed by atoms with Crippen LogP contribution in [0.4, 0.5) is 5.69 Å². The van der Waals surface area contributed by atoms with Gasteiger partial charge in [0.1, 0.15) is 0 Å². The molecule has 1 fully saturated rings. The first kappa shape index (κ1) is 18.4. The number of amides is 3. The molecule has 8 heteroatoms. The van der Waals surface area contributed by atoms with Crippen LogP contribution in [-0.4, -0.2) is 49.9 Å². The highest BCUT2D eigenvalue weighted by Crippen LogP contribution is 2.24. The summed E-state index contributed by atoms with van der Waals surface area (Å²) < 4.78 is 4.55. The molecule has 0 saturated carbocycles. The first-order valence-corrected chi connectivity index (χ1v) is 8.11. The second kappa shape index (κ2) is 8.81. The number of anilines is 1. The number of esters is 1. The maximum absolute atomic E-state index is 12.2. The second-order valence-electron chi connectivity index (χ2n) is 5.51. The Labute approximate surface area is 145 Å². The normalized spacial score (nSPS) is 16.4. The molecule has 1 aliphatic heterocycles. The van der Waals surface area contributed by atoms with Crippen molar-refractivity contribution in [2.45, 2.75) is 13.3 Å². The van der Waals surface area contributed by atoms with E-state index in [4.69, 9.17) is 0 Å². The van der Waals surface area contributed by atoms with Crippen molar-refractivity contribution in [3.63, 3.8) is 0 Å². The zero-order valence-corrected chi connectivity index (χ0v) is 14.0. The minimum Gasteiger partial charge on any atom is -0.459 e. The first-order valence-electron chi connectivity index (χ1n) is 8.11. The van der Waals surface area contributed by atoms with Crippen molar-refractivity contribution in [3.8, 4) is 0 Å². The molecule has 25 heavy (non-hydrogen) atoms. The highest BCUT2D eigenvalue weighted by molar-refractivity contribution is 6.32. The molecule has 1 aliphatic rings. The van der Waals surface area contributed by atoms with E-state index in [1.807, 2.05) is 30.3 Å². The summed E-state index contributed by atoms with van der Waals surface area (Å²) in [7, 11) is 0. The molecule has 1 atom stereocenters. The Bertz CT molecular complexity index is 647. The molecular weight excluding hydrogens is 326 g/mol. The molecule has 0 spiro atoms. The standard InChI is InChI=1S/C17H21N3O5/c1-2-25-17(24)16(23)19-9-8-18-15(22)12-10-14(21)20(11-12)13-6-4-3-5-7-13/h3-7,12H,2,8-11H2,1H3,(H,18,22)(H,19,23)/t12-/m0/s1. The lowest BCUT2D eigenvalue weighted by Crippen LogP contribution is -2.40. The Morgan fingerprint density at radius 2 is 1.84 bits per heavy atom. The molecule has 0 bridgehead atoms. The fraction of sp³-hybridized carbons (Fsp3) is 0.412. The predicted octanol–water partition coefficient (Wildman–Crippen LogP) is -0.165. The van der Waals surface area contributed by atoms with E-state index in [2.05, 4.69) is 15.4 Å². The average molecular weight is 347 g/mol. The average Bonchev–Trinajstić information content (AvgIpc) is 3.01. The molecule has 0 radical (unpaired) electrons. The van der Waals surface area contributed by atoms with Crippen molar-refractivity contribution < 1.29 is 23.9 Å². The number of nitrogens with zero attached hydrogens (tertiary/aromatic N) is 1. The van der Waals surface area contributed by atoms with Gasteiger partial charge in [0, 0.05) is 31.7 Å². The molecule has 8 nitrogen and oxygen atoms in total. The van der Waals surface area contributed by atoms with E-state index in [-0.39, 0.29) is 37.9 Å². The Morgan fingerprint density at radius 1 is 1.16 bits per heavy atom. The van der Waals surface area contributed by atoms with Crippen molar-refractivity contribution >= 4 is 29.4 Å². The van der Waals surface area contributed by atoms with Crippen molar-refractivity contribution in [2.75, 3.05) is 31.1 Å². The third-order valence-electron chi connectivity index (χ3n) is 3.73. The third kappa shape index (κ3) is 5.03. The Hall–Kier alpha value is -2.90. The van der Waals surface area contributed by atoms with Gasteiger partial charge in [0.2, 0.25) is 11.8 Å². The molecule has 2 N–H and O–H groups in total. The van der Waals surface area contributed by atoms with Gasteiger partial charge in [0.25, 0.3) is 0 Å². The summed E-state index contributed by atoms with van der Waals surface area (Å²) in [5, 5.41) is 5.01. The SMILES string of the molecule is CCOC(=O)C(=O)NCCNC(=O)[C@H]1CC(=O)N(c2ccccc2)C1. The molecule has 1 heterocycles. The van der Waals surface area contributed by atoms with Gasteiger partial charge in [-0.3, -0.25) is 14.4 Å². The minimum absolute atomic E-state index is 0.0954. The van der Waals surface area contributed by atoms with E-state index in [0.29, 0.717) is 6.54 Å². The van der Waals surface area contributed by atoms with Crippen LogP contribution in [-0.2, 0) is 23.9 Å². The summed E-state index contributed by atoms with van der Waals surface area (Å²) in [5.74, 6) is -2.58. The van der Waals surface area contributed by atoms with Gasteiger partial charge in [-0.15, -0.1) is 0 Å². The van der Waals surface area contributed by atoms with E-state index in [9.17, 15) is 19.2 Å². The molecule has 0 aromatic heterocycles. The molecular formula is C17H21N3O5. The number of hydrogen-bond donors (Lipinski definition) is 2. The monoisotopic (exact) mass is 347 g/mol. The van der Waals surface area contributed by atoms with Gasteiger partial charge < -0.3 is 20.3 Å². The maximum atomic E-state index is 12.2. The maximum Gasteiger partial charge on any atom is 0.396 e. The van der Waals surface area contributed by atoms with Gasteiger partial charge in [-0.2, -0.15) is 0 Å². The van der Waals surface area contributed by atoms with Crippen LogP contribution in [0.5, 0.6) is 0 Å². The number of hydrogen-bond acceptors (Lipinski definition) is 5. The van der Waals surface area contributed by atoms with Crippen molar-refractivity contribution in [1.82, 2.24) is 10.6 Å². The summed E-state index contributed by atoms with van der Waals surface area (Å²) in [5.41, 5.74) is 0.768. The number of rotatable bonds is 6. The van der Waals surface area contributed by atoms with Crippen LogP contribution >= 0.6 is 0 Å². The number of benzene rings is 1. The quantitative estimate of drug-likeness (QED) is 0.422. The topological polar surface area (TPSA) is 105 Å². The van der Waals surface area contributed by atoms with E-state index in [1.54, 1.807) is 11.8 Å². The van der Waals surface area contributed by atoms with Crippen LogP contribution in [0, 0.1) is 5.92 Å². The van der Waals surface area contributed by atoms with Crippen molar-refractivity contribution in [1.29, 1.82) is 0 Å². The number of carbonyl (C=O) groups is 4. The van der Waals surface area contributed by atoms with Gasteiger partial charge in [0.05, 0.1) is 12.5 Å². The van der Waals surface area contributed by atoms with Gasteiger partial charge in [-0.1, -0.05) is 18.2 Å². The van der Waals surface area contributed by atoms with Crippen LogP contribution in [0.3, 0.4) is 0 Å². The number of para-hydroxylation sites is 1. The van der Waals surface area contributed by atoms with Crippen LogP contribution < -0.4 is 15.5 Å². The molecule has 2 rings (SSSR count). The number of carbonyl (C=O) groups excluding carboxylic acids is 4. The highest BCUT2D eigenvalue weighted by Gasteiger charge is 2.34. The first-order chi connectivity index (χ1) is 12.0. The Balaban J connectivity index is 1.74. The van der Waals surface area contributed by atoms with Crippen molar-refractivity contribution in [3.05, 3.63) is 30.3 Å². The number of nitrogens with one attached hydrogen (secondary N) is 2. The zero-order valence-electron chi connectivity index (χ0n) is 14.0. The van der Waals surface area contributed by atoms with E-state index in [1.165, 1.54) is 0 Å². The lowest BCUT2D eigenvalue weighted by Gasteiger charge is -2.16. The molecule has 0 unspecified atom stereocenters. The molecule has 1 saturated heterocycles. The summed E-state index contributed by atoms with van der Waals surface area (Å²) in [6.07, 6.45) is 0.149. The second-order valence-corrected chi connectivity index (χ2v) is 5.51. The minimum atomic E-state index is -0.950. The molecule has 134 valence electrons. The summed E-state index contributed by atoms with van der Waals surface area (Å²) in [6.45, 7) is 2.32. The van der Waals surface area contributed by atoms with Crippen LogP contribution in [0.2, 0.25) is 0 Å². The van der Waals surface area contributed by atoms with Gasteiger partial charge in [0.15, 0.2) is 0 Å². The lowest BCUT2D eigenvalue weighted by molar-refractivity contribution is -0.154. The largest absolute Gasteiger partial charge is 0.459 e. The van der Waals surface area contributed by atoms with Crippen LogP contribution in [0.15, 0.2) is 30.3 Å². The van der Waals surface area contributed by atoms with E-state index < -0.39 is 17.8 Å². The van der Waals surface area contributed by atoms with E-state index in [0.717, 1.165) is 5.69 Å². The van der Waals surface area contributed by atoms with Gasteiger partial charge in [-0.25, -0.2) is 4.79 Å². The molecule has 1 aromatic carbocycles. The van der Waals surface area contributed by atoms with Crippen molar-refractivity contribution in [2.24, 2.45) is 5.92 Å². The molecule has 0 aliphatic carbocycles. The van der Waals surface area contributed by atoms with Crippen LogP contribution in [0.1, 0.15) is 13.3 Å². The molecule has 3 amide bonds. The van der Waals surface area contributed by atoms with Crippen LogP contribution in [0.25, 0.3) is 0 Å². The predicted molar refractivity (Wildman–Crippen MR) is 89.6 cm³/mol. The summed E-state index contributed by atoms with van der Waals surface area (Å²) in [6, 6.07) is 9.18. The fourth-order valence-electron chi connectivity index (χ4n) is 2.52. The van der Waals surface area contributed by atoms with Gasteiger partial charge >= 0.3 is 11.9 Å². The Kier molecular flexibility index (Phi) is 6.50. The smallest absolute Gasteiger partial charge is 0.396 e. The lowest BCUT2D eigenvalue weighted by atomic mass is 10.1. The Morgan fingerprint density at radius 3 is 2.52 bits per heavy atom. The third-order valence-corrected chi connectivity index (χ3v) is 3.73. The highest BCUT2D eigenvalue weighted by atomic mass is 16.5. The summed E-state index contributed by atoms with van der Waals surface area (Å²) >= 11 is 0. The van der Waals surface area contributed by atoms with E-state index >= 15 is 0 Å². The number of ether oxygens (including phenoxy) is 1. The zero-order chi connectivity index (χ0) is 18.2.